The van der Waals surface area contributed by atoms with E-state index >= 15 is 0 Å². The Morgan fingerprint density at radius 3 is 2.45 bits per heavy atom. The zero-order chi connectivity index (χ0) is 21.2. The van der Waals surface area contributed by atoms with Gasteiger partial charge in [-0.2, -0.15) is 4.98 Å². The van der Waals surface area contributed by atoms with Gasteiger partial charge in [0, 0.05) is 48.9 Å². The van der Waals surface area contributed by atoms with Crippen molar-refractivity contribution in [3.8, 4) is 11.5 Å². The summed E-state index contributed by atoms with van der Waals surface area (Å²) in [5, 5.41) is 3.98. The Hall–Kier alpha value is -2.90. The Morgan fingerprint density at radius 1 is 1.21 bits per heavy atom. The zero-order valence-electron chi connectivity index (χ0n) is 17.6. The largest absolute Gasteiger partial charge is 0.444 e. The molecule has 0 radical (unpaired) electrons. The van der Waals surface area contributed by atoms with E-state index in [0.717, 1.165) is 12.0 Å². The first-order valence-electron chi connectivity index (χ1n) is 9.84. The van der Waals surface area contributed by atoms with Gasteiger partial charge in [0.05, 0.1) is 0 Å². The lowest BCUT2D eigenvalue weighted by Crippen LogP contribution is -2.50. The number of ether oxygens (including phenoxy) is 1. The molecule has 1 fully saturated rings. The highest BCUT2D eigenvalue weighted by Gasteiger charge is 2.27. The van der Waals surface area contributed by atoms with E-state index in [-0.39, 0.29) is 12.0 Å². The van der Waals surface area contributed by atoms with E-state index in [2.05, 4.69) is 15.0 Å². The van der Waals surface area contributed by atoms with Crippen LogP contribution in [0.5, 0.6) is 0 Å². The van der Waals surface area contributed by atoms with Crippen LogP contribution in [0.4, 0.5) is 10.5 Å². The fraction of sp³-hybridized carbons (Fsp3) is 0.524. The highest BCUT2D eigenvalue weighted by molar-refractivity contribution is 5.87. The average molecular weight is 400 g/mol. The quantitative estimate of drug-likeness (QED) is 0.723. The fourth-order valence-electron chi connectivity index (χ4n) is 3.11. The van der Waals surface area contributed by atoms with Crippen LogP contribution < -0.4 is 4.90 Å². The Kier molecular flexibility index (Phi) is 5.91. The summed E-state index contributed by atoms with van der Waals surface area (Å²) in [7, 11) is 0. The van der Waals surface area contributed by atoms with Gasteiger partial charge < -0.3 is 19.1 Å². The third-order valence-corrected chi connectivity index (χ3v) is 4.63. The average Bonchev–Trinajstić information content (AvgIpc) is 3.17. The van der Waals surface area contributed by atoms with E-state index in [1.165, 1.54) is 0 Å². The maximum absolute atomic E-state index is 12.2. The highest BCUT2D eigenvalue weighted by atomic mass is 16.6. The zero-order valence-corrected chi connectivity index (χ0v) is 17.6. The Bertz CT molecular complexity index is 877. The monoisotopic (exact) mass is 400 g/mol. The van der Waals surface area contributed by atoms with Crippen LogP contribution in [0, 0.1) is 0 Å². The molecule has 0 saturated carbocycles. The highest BCUT2D eigenvalue weighted by Crippen LogP contribution is 2.27. The standard InChI is InChI=1S/C21H28N4O4/c1-14(2)18-22-19(29-23-18)15-6-7-17(16(12-15)13-26)24-8-10-25(11-9-24)20(27)28-21(3,4)5/h6-7,12-14H,8-11H2,1-5H3. The van der Waals surface area contributed by atoms with E-state index in [4.69, 9.17) is 9.26 Å². The molecule has 1 amide bonds. The van der Waals surface area contributed by atoms with E-state index in [0.29, 0.717) is 49.0 Å². The van der Waals surface area contributed by atoms with Crippen LogP contribution in [0.2, 0.25) is 0 Å². The van der Waals surface area contributed by atoms with Crippen LogP contribution in [0.15, 0.2) is 22.7 Å². The molecule has 1 aromatic heterocycles. The summed E-state index contributed by atoms with van der Waals surface area (Å²) >= 11 is 0. The number of benzene rings is 1. The van der Waals surface area contributed by atoms with E-state index in [1.807, 2.05) is 46.8 Å². The molecule has 8 heteroatoms. The van der Waals surface area contributed by atoms with Crippen LogP contribution in [0.25, 0.3) is 11.5 Å². The maximum atomic E-state index is 12.2. The predicted octanol–water partition coefficient (Wildman–Crippen LogP) is 3.73. The van der Waals surface area contributed by atoms with Crippen LogP contribution in [0.3, 0.4) is 0 Å². The number of amides is 1. The fourth-order valence-corrected chi connectivity index (χ4v) is 3.11. The second kappa shape index (κ2) is 8.23. The summed E-state index contributed by atoms with van der Waals surface area (Å²) in [5.41, 5.74) is 1.58. The number of nitrogens with zero attached hydrogens (tertiary/aromatic N) is 4. The lowest BCUT2D eigenvalue weighted by molar-refractivity contribution is 0.0240. The van der Waals surface area contributed by atoms with Gasteiger partial charge in [-0.15, -0.1) is 0 Å². The summed E-state index contributed by atoms with van der Waals surface area (Å²) in [6, 6.07) is 5.53. The molecule has 1 saturated heterocycles. The molecule has 2 aromatic rings. The number of hydrogen-bond acceptors (Lipinski definition) is 7. The summed E-state index contributed by atoms with van der Waals surface area (Å²) in [6.07, 6.45) is 0.527. The van der Waals surface area contributed by atoms with Crippen molar-refractivity contribution in [2.24, 2.45) is 0 Å². The second-order valence-electron chi connectivity index (χ2n) is 8.46. The lowest BCUT2D eigenvalue weighted by Gasteiger charge is -2.37. The predicted molar refractivity (Wildman–Crippen MR) is 109 cm³/mol. The molecule has 0 spiro atoms. The molecule has 1 aromatic carbocycles. The van der Waals surface area contributed by atoms with E-state index in [1.54, 1.807) is 11.0 Å². The molecule has 29 heavy (non-hydrogen) atoms. The first kappa shape index (κ1) is 20.8. The topological polar surface area (TPSA) is 88.8 Å². The van der Waals surface area contributed by atoms with Gasteiger partial charge in [0.1, 0.15) is 5.60 Å². The minimum absolute atomic E-state index is 0.165. The minimum atomic E-state index is -0.515. The number of carbonyl (C=O) groups excluding carboxylic acids is 2. The number of piperazine rings is 1. The smallest absolute Gasteiger partial charge is 0.410 e. The summed E-state index contributed by atoms with van der Waals surface area (Å²) in [4.78, 5) is 32.1. The van der Waals surface area contributed by atoms with Gasteiger partial charge in [0.2, 0.25) is 0 Å². The maximum Gasteiger partial charge on any atom is 0.410 e. The van der Waals surface area contributed by atoms with Gasteiger partial charge in [-0.1, -0.05) is 19.0 Å². The second-order valence-corrected chi connectivity index (χ2v) is 8.46. The SMILES string of the molecule is CC(C)c1noc(-c2ccc(N3CCN(C(=O)OC(C)(C)C)CC3)c(C=O)c2)n1. The molecule has 1 aliphatic rings. The summed E-state index contributed by atoms with van der Waals surface area (Å²) in [5.74, 6) is 1.20. The number of hydrogen-bond donors (Lipinski definition) is 0. The molecule has 0 atom stereocenters. The molecule has 3 rings (SSSR count). The van der Waals surface area contributed by atoms with Crippen LogP contribution in [-0.2, 0) is 4.74 Å². The molecule has 8 nitrogen and oxygen atoms in total. The molecule has 0 unspecified atom stereocenters. The Balaban J connectivity index is 1.71. The molecular weight excluding hydrogens is 372 g/mol. The van der Waals surface area contributed by atoms with Gasteiger partial charge in [0.15, 0.2) is 12.1 Å². The van der Waals surface area contributed by atoms with Crippen molar-refractivity contribution >= 4 is 18.1 Å². The van der Waals surface area contributed by atoms with Gasteiger partial charge in [0.25, 0.3) is 5.89 Å². The van der Waals surface area contributed by atoms with Crippen LogP contribution in [0.1, 0.15) is 56.7 Å². The van der Waals surface area contributed by atoms with Gasteiger partial charge >= 0.3 is 6.09 Å². The Morgan fingerprint density at radius 2 is 1.90 bits per heavy atom. The lowest BCUT2D eigenvalue weighted by atomic mass is 10.1. The number of carbonyl (C=O) groups is 2. The normalized spacial score (nSPS) is 15.0. The van der Waals surface area contributed by atoms with Crippen molar-refractivity contribution in [2.45, 2.75) is 46.1 Å². The van der Waals surface area contributed by atoms with Crippen molar-refractivity contribution in [1.82, 2.24) is 15.0 Å². The molecule has 156 valence electrons. The molecule has 1 aliphatic heterocycles. The first-order chi connectivity index (χ1) is 13.7. The van der Waals surface area contributed by atoms with E-state index in [9.17, 15) is 9.59 Å². The number of rotatable bonds is 4. The Labute approximate surface area is 170 Å². The molecular formula is C21H28N4O4. The van der Waals surface area contributed by atoms with E-state index < -0.39 is 5.60 Å². The van der Waals surface area contributed by atoms with Crippen molar-refractivity contribution in [3.63, 3.8) is 0 Å². The van der Waals surface area contributed by atoms with Gasteiger partial charge in [-0.3, -0.25) is 4.79 Å². The molecule has 0 bridgehead atoms. The number of aromatic nitrogens is 2. The number of aldehydes is 1. The van der Waals surface area contributed by atoms with Crippen molar-refractivity contribution < 1.29 is 18.8 Å². The minimum Gasteiger partial charge on any atom is -0.444 e. The van der Waals surface area contributed by atoms with Crippen molar-refractivity contribution in [1.29, 1.82) is 0 Å². The molecule has 0 N–H and O–H groups in total. The van der Waals surface area contributed by atoms with Gasteiger partial charge in [-0.25, -0.2) is 4.79 Å². The van der Waals surface area contributed by atoms with Crippen molar-refractivity contribution in [3.05, 3.63) is 29.6 Å². The molecule has 0 aliphatic carbocycles. The van der Waals surface area contributed by atoms with Gasteiger partial charge in [-0.05, 0) is 39.0 Å². The van der Waals surface area contributed by atoms with Crippen LogP contribution >= 0.6 is 0 Å². The summed E-state index contributed by atoms with van der Waals surface area (Å²) < 4.78 is 10.8. The third-order valence-electron chi connectivity index (χ3n) is 4.63. The third kappa shape index (κ3) is 4.93. The molecule has 2 heterocycles. The first-order valence-corrected chi connectivity index (χ1v) is 9.84. The number of anilines is 1. The van der Waals surface area contributed by atoms with Crippen LogP contribution in [-0.4, -0.2) is 59.2 Å². The summed E-state index contributed by atoms with van der Waals surface area (Å²) in [6.45, 7) is 11.9. The van der Waals surface area contributed by atoms with Crippen molar-refractivity contribution in [2.75, 3.05) is 31.1 Å².